The first-order valence-corrected chi connectivity index (χ1v) is 12.1. The maximum absolute atomic E-state index is 13.0. The molecule has 36 heavy (non-hydrogen) atoms. The van der Waals surface area contributed by atoms with Crippen molar-refractivity contribution < 1.29 is 33.8 Å². The number of nitrogens with one attached hydrogen (secondary N) is 2. The Morgan fingerprint density at radius 2 is 1.75 bits per heavy atom. The molecular weight excluding hydrogens is 464 g/mol. The van der Waals surface area contributed by atoms with E-state index < -0.39 is 48.4 Å². The Balaban J connectivity index is 2.83. The van der Waals surface area contributed by atoms with Crippen molar-refractivity contribution in [2.45, 2.75) is 64.1 Å². The van der Waals surface area contributed by atoms with E-state index in [0.29, 0.717) is 6.42 Å². The van der Waals surface area contributed by atoms with Crippen LogP contribution in [0.2, 0.25) is 0 Å². The predicted octanol–water partition coefficient (Wildman–Crippen LogP) is 2.58. The molecule has 0 aliphatic heterocycles. The molecule has 1 aromatic rings. The number of hydrogen-bond donors (Lipinski definition) is 3. The lowest BCUT2D eigenvalue weighted by Crippen LogP contribution is -2.48. The van der Waals surface area contributed by atoms with E-state index in [4.69, 9.17) is 14.6 Å². The lowest BCUT2D eigenvalue weighted by Gasteiger charge is -2.21. The van der Waals surface area contributed by atoms with E-state index in [-0.39, 0.29) is 32.5 Å². The fourth-order valence-electron chi connectivity index (χ4n) is 3.18. The fourth-order valence-corrected chi connectivity index (χ4v) is 3.18. The summed E-state index contributed by atoms with van der Waals surface area (Å²) in [5, 5.41) is 14.3. The maximum atomic E-state index is 13.0. The second kappa shape index (κ2) is 17.9. The standard InChI is InChI=1S/C27H38N2O7/c1-4-6-7-11-15-25(32)35-19-23(27(34)36-18-21-13-9-8-10-14-21)29-26(33)22(12-5-2)16-24(31)28-20(3)17-30/h4-5,8-10,13-14,20,22-23,30H,1-2,6-7,11-12,15-19H2,3H3,(H,28,31)(H,29,33). The predicted molar refractivity (Wildman–Crippen MR) is 135 cm³/mol. The van der Waals surface area contributed by atoms with Crippen molar-refractivity contribution in [3.05, 3.63) is 61.2 Å². The molecule has 0 heterocycles. The average molecular weight is 503 g/mol. The summed E-state index contributed by atoms with van der Waals surface area (Å²) in [6.45, 7) is 8.25. The number of benzene rings is 1. The molecule has 198 valence electrons. The number of carbonyl (C=O) groups is 4. The van der Waals surface area contributed by atoms with E-state index >= 15 is 0 Å². The summed E-state index contributed by atoms with van der Waals surface area (Å²) < 4.78 is 10.6. The lowest BCUT2D eigenvalue weighted by molar-refractivity contribution is -0.155. The van der Waals surface area contributed by atoms with Gasteiger partial charge in [0.15, 0.2) is 6.04 Å². The van der Waals surface area contributed by atoms with E-state index in [1.54, 1.807) is 37.3 Å². The molecule has 0 radical (unpaired) electrons. The second-order valence-corrected chi connectivity index (χ2v) is 8.45. The van der Waals surface area contributed by atoms with Gasteiger partial charge < -0.3 is 25.2 Å². The third-order valence-corrected chi connectivity index (χ3v) is 5.21. The quantitative estimate of drug-likeness (QED) is 0.160. The monoisotopic (exact) mass is 502 g/mol. The first-order valence-electron chi connectivity index (χ1n) is 12.1. The van der Waals surface area contributed by atoms with Gasteiger partial charge in [-0.2, -0.15) is 0 Å². The van der Waals surface area contributed by atoms with Crippen molar-refractivity contribution in [2.75, 3.05) is 13.2 Å². The molecule has 0 aliphatic rings. The van der Waals surface area contributed by atoms with Gasteiger partial charge >= 0.3 is 11.9 Å². The largest absolute Gasteiger partial charge is 0.463 e. The van der Waals surface area contributed by atoms with Crippen LogP contribution in [0.3, 0.4) is 0 Å². The maximum Gasteiger partial charge on any atom is 0.332 e. The van der Waals surface area contributed by atoms with E-state index in [9.17, 15) is 19.2 Å². The molecule has 3 atom stereocenters. The zero-order valence-electron chi connectivity index (χ0n) is 20.9. The van der Waals surface area contributed by atoms with Gasteiger partial charge in [0, 0.05) is 18.9 Å². The van der Waals surface area contributed by atoms with Crippen molar-refractivity contribution in [1.29, 1.82) is 0 Å². The van der Waals surface area contributed by atoms with Crippen LogP contribution in [0.4, 0.5) is 0 Å². The lowest BCUT2D eigenvalue weighted by atomic mass is 9.99. The van der Waals surface area contributed by atoms with Crippen LogP contribution < -0.4 is 10.6 Å². The van der Waals surface area contributed by atoms with Crippen molar-refractivity contribution in [2.24, 2.45) is 5.92 Å². The Hall–Kier alpha value is -3.46. The number of allylic oxidation sites excluding steroid dienone is 2. The van der Waals surface area contributed by atoms with Crippen LogP contribution in [0.15, 0.2) is 55.6 Å². The highest BCUT2D eigenvalue weighted by atomic mass is 16.6. The number of unbranched alkanes of at least 4 members (excludes halogenated alkanes) is 2. The number of amides is 2. The molecule has 9 heteroatoms. The van der Waals surface area contributed by atoms with E-state index in [1.807, 2.05) is 6.07 Å². The van der Waals surface area contributed by atoms with Gasteiger partial charge in [-0.15, -0.1) is 13.2 Å². The first kappa shape index (κ1) is 30.6. The van der Waals surface area contributed by atoms with Gasteiger partial charge in [0.2, 0.25) is 11.8 Å². The highest BCUT2D eigenvalue weighted by Gasteiger charge is 2.29. The molecule has 0 saturated heterocycles. The van der Waals surface area contributed by atoms with Gasteiger partial charge in [0.05, 0.1) is 12.5 Å². The van der Waals surface area contributed by atoms with Crippen LogP contribution in [0.1, 0.15) is 51.0 Å². The summed E-state index contributed by atoms with van der Waals surface area (Å²) in [7, 11) is 0. The summed E-state index contributed by atoms with van der Waals surface area (Å²) in [6, 6.07) is 7.31. The van der Waals surface area contributed by atoms with Gasteiger partial charge in [0.1, 0.15) is 13.2 Å². The molecule has 3 unspecified atom stereocenters. The summed E-state index contributed by atoms with van der Waals surface area (Å²) in [4.78, 5) is 50.1. The molecule has 9 nitrogen and oxygen atoms in total. The van der Waals surface area contributed by atoms with Crippen molar-refractivity contribution in [3.8, 4) is 0 Å². The van der Waals surface area contributed by atoms with Crippen LogP contribution in [0.5, 0.6) is 0 Å². The molecule has 1 aromatic carbocycles. The third kappa shape index (κ3) is 12.9. The minimum atomic E-state index is -1.25. The van der Waals surface area contributed by atoms with Gasteiger partial charge in [-0.1, -0.05) is 42.5 Å². The Bertz CT molecular complexity index is 857. The van der Waals surface area contributed by atoms with Crippen molar-refractivity contribution >= 4 is 23.8 Å². The molecular formula is C27H38N2O7. The summed E-state index contributed by atoms with van der Waals surface area (Å²) >= 11 is 0. The van der Waals surface area contributed by atoms with Crippen LogP contribution in [0, 0.1) is 5.92 Å². The normalized spacial score (nSPS) is 12.9. The topological polar surface area (TPSA) is 131 Å². The van der Waals surface area contributed by atoms with E-state index in [0.717, 1.165) is 18.4 Å². The third-order valence-electron chi connectivity index (χ3n) is 5.21. The summed E-state index contributed by atoms with van der Waals surface area (Å²) in [6.07, 6.45) is 5.64. The number of rotatable bonds is 18. The van der Waals surface area contributed by atoms with Crippen molar-refractivity contribution in [3.63, 3.8) is 0 Å². The summed E-state index contributed by atoms with van der Waals surface area (Å²) in [5.74, 6) is -3.07. The van der Waals surface area contributed by atoms with Crippen LogP contribution in [0.25, 0.3) is 0 Å². The highest BCUT2D eigenvalue weighted by molar-refractivity contribution is 5.89. The second-order valence-electron chi connectivity index (χ2n) is 8.45. The number of aliphatic hydroxyl groups excluding tert-OH is 1. The Morgan fingerprint density at radius 1 is 1.03 bits per heavy atom. The number of aliphatic hydroxyl groups is 1. The molecule has 0 spiro atoms. The Kier molecular flexibility index (Phi) is 15.2. The van der Waals surface area contributed by atoms with E-state index in [1.165, 1.54) is 6.08 Å². The Morgan fingerprint density at radius 3 is 2.39 bits per heavy atom. The van der Waals surface area contributed by atoms with Crippen LogP contribution in [-0.4, -0.2) is 54.2 Å². The minimum absolute atomic E-state index is 0.0148. The summed E-state index contributed by atoms with van der Waals surface area (Å²) in [5.41, 5.74) is 0.759. The zero-order valence-corrected chi connectivity index (χ0v) is 20.9. The highest BCUT2D eigenvalue weighted by Crippen LogP contribution is 2.12. The molecule has 0 aromatic heterocycles. The molecule has 0 fully saturated rings. The molecule has 2 amide bonds. The zero-order chi connectivity index (χ0) is 26.8. The van der Waals surface area contributed by atoms with Crippen molar-refractivity contribution in [1.82, 2.24) is 10.6 Å². The van der Waals surface area contributed by atoms with Crippen LogP contribution >= 0.6 is 0 Å². The first-order chi connectivity index (χ1) is 17.3. The number of esters is 2. The van der Waals surface area contributed by atoms with Gasteiger partial charge in [0.25, 0.3) is 0 Å². The molecule has 0 saturated carbocycles. The SMILES string of the molecule is C=CCCCCC(=O)OCC(NC(=O)C(CC=C)CC(=O)NC(C)CO)C(=O)OCc1ccccc1. The number of carbonyl (C=O) groups excluding carboxylic acids is 4. The van der Waals surface area contributed by atoms with Crippen LogP contribution in [-0.2, 0) is 35.3 Å². The minimum Gasteiger partial charge on any atom is -0.463 e. The molecule has 0 aliphatic carbocycles. The van der Waals surface area contributed by atoms with Gasteiger partial charge in [-0.05, 0) is 38.2 Å². The molecule has 0 bridgehead atoms. The average Bonchev–Trinajstić information content (AvgIpc) is 2.87. The number of hydrogen-bond acceptors (Lipinski definition) is 7. The van der Waals surface area contributed by atoms with Gasteiger partial charge in [-0.25, -0.2) is 4.79 Å². The Labute approximate surface area is 212 Å². The molecule has 3 N–H and O–H groups in total. The number of ether oxygens (including phenoxy) is 2. The fraction of sp³-hybridized carbons (Fsp3) is 0.481. The smallest absolute Gasteiger partial charge is 0.332 e. The van der Waals surface area contributed by atoms with E-state index in [2.05, 4.69) is 23.8 Å². The van der Waals surface area contributed by atoms with Gasteiger partial charge in [-0.3, -0.25) is 14.4 Å². The molecule has 1 rings (SSSR count).